The van der Waals surface area contributed by atoms with Crippen molar-refractivity contribution in [3.63, 3.8) is 0 Å². The molecule has 1 amide bonds. The highest BCUT2D eigenvalue weighted by atomic mass is 35.5. The van der Waals surface area contributed by atoms with Gasteiger partial charge in [0.25, 0.3) is 5.69 Å². The number of nitro groups is 1. The van der Waals surface area contributed by atoms with Crippen LogP contribution < -0.4 is 14.9 Å². The number of rotatable bonds is 9. The van der Waals surface area contributed by atoms with Gasteiger partial charge < -0.3 is 9.47 Å². The summed E-state index contributed by atoms with van der Waals surface area (Å²) in [5, 5.41) is 15.3. The summed E-state index contributed by atoms with van der Waals surface area (Å²) < 4.78 is 11.3. The molecule has 0 aliphatic heterocycles. The number of methoxy groups -OCH3 is 1. The first-order valence-corrected chi connectivity index (χ1v) is 10.3. The van der Waals surface area contributed by atoms with Crippen LogP contribution in [0, 0.1) is 17.0 Å². The number of amides is 1. The Morgan fingerprint density at radius 1 is 1.18 bits per heavy atom. The molecule has 0 spiro atoms. The van der Waals surface area contributed by atoms with E-state index < -0.39 is 10.8 Å². The third kappa shape index (κ3) is 6.54. The maximum Gasteiger partial charge on any atom is 0.273 e. The Bertz CT molecular complexity index is 1200. The average Bonchev–Trinajstić information content (AvgIpc) is 2.78. The van der Waals surface area contributed by atoms with Crippen molar-refractivity contribution >= 4 is 29.4 Å². The Morgan fingerprint density at radius 2 is 1.97 bits per heavy atom. The lowest BCUT2D eigenvalue weighted by atomic mass is 10.1. The SMILES string of the molecule is COc1cc(C=NNC(=O)Cc2ccccc2[N+](=O)[O-])cc(Cl)c1OCc1cccc(C)c1. The highest BCUT2D eigenvalue weighted by Crippen LogP contribution is 2.36. The van der Waals surface area contributed by atoms with Gasteiger partial charge in [-0.15, -0.1) is 0 Å². The van der Waals surface area contributed by atoms with Crippen LogP contribution >= 0.6 is 11.6 Å². The molecule has 0 aliphatic carbocycles. The fourth-order valence-electron chi connectivity index (χ4n) is 3.14. The van der Waals surface area contributed by atoms with Crippen LogP contribution in [-0.4, -0.2) is 24.2 Å². The first-order valence-electron chi connectivity index (χ1n) is 9.97. The summed E-state index contributed by atoms with van der Waals surface area (Å²) in [5.41, 5.74) is 5.25. The minimum absolute atomic E-state index is 0.116. The summed E-state index contributed by atoms with van der Waals surface area (Å²) in [7, 11) is 1.50. The largest absolute Gasteiger partial charge is 0.493 e. The number of benzene rings is 3. The predicted octanol–water partition coefficient (Wildman–Crippen LogP) is 4.84. The van der Waals surface area contributed by atoms with E-state index in [1.165, 1.54) is 25.5 Å². The molecular weight excluding hydrogens is 446 g/mol. The number of para-hydroxylation sites is 1. The van der Waals surface area contributed by atoms with Crippen molar-refractivity contribution < 1.29 is 19.2 Å². The summed E-state index contributed by atoms with van der Waals surface area (Å²) >= 11 is 6.39. The third-order valence-corrected chi connectivity index (χ3v) is 4.94. The van der Waals surface area contributed by atoms with Gasteiger partial charge in [0, 0.05) is 11.6 Å². The van der Waals surface area contributed by atoms with E-state index in [1.807, 2.05) is 31.2 Å². The van der Waals surface area contributed by atoms with Crippen molar-refractivity contribution in [2.24, 2.45) is 5.10 Å². The smallest absolute Gasteiger partial charge is 0.273 e. The second kappa shape index (κ2) is 11.1. The Hall–Kier alpha value is -3.91. The maximum atomic E-state index is 12.1. The number of carbonyl (C=O) groups excluding carboxylic acids is 1. The number of ether oxygens (including phenoxy) is 2. The van der Waals surface area contributed by atoms with Crippen LogP contribution in [0.15, 0.2) is 65.8 Å². The molecule has 3 aromatic carbocycles. The molecule has 170 valence electrons. The van der Waals surface area contributed by atoms with E-state index in [9.17, 15) is 14.9 Å². The van der Waals surface area contributed by atoms with Crippen LogP contribution in [0.25, 0.3) is 0 Å². The zero-order valence-electron chi connectivity index (χ0n) is 18.1. The van der Waals surface area contributed by atoms with Crippen molar-refractivity contribution in [1.82, 2.24) is 5.43 Å². The first-order chi connectivity index (χ1) is 15.9. The minimum atomic E-state index is -0.525. The van der Waals surface area contributed by atoms with Gasteiger partial charge in [0.1, 0.15) is 6.61 Å². The van der Waals surface area contributed by atoms with Gasteiger partial charge in [0.05, 0.1) is 29.7 Å². The Labute approximate surface area is 195 Å². The molecule has 0 radical (unpaired) electrons. The molecule has 1 N–H and O–H groups in total. The van der Waals surface area contributed by atoms with Gasteiger partial charge in [-0.2, -0.15) is 5.10 Å². The molecule has 9 heteroatoms. The minimum Gasteiger partial charge on any atom is -0.493 e. The van der Waals surface area contributed by atoms with Crippen LogP contribution in [0.2, 0.25) is 5.02 Å². The van der Waals surface area contributed by atoms with Crippen LogP contribution in [-0.2, 0) is 17.8 Å². The molecule has 0 saturated heterocycles. The number of hydrogen-bond acceptors (Lipinski definition) is 6. The topological polar surface area (TPSA) is 103 Å². The van der Waals surface area contributed by atoms with E-state index in [-0.39, 0.29) is 12.1 Å². The monoisotopic (exact) mass is 467 g/mol. The lowest BCUT2D eigenvalue weighted by Crippen LogP contribution is -2.20. The number of nitrogens with zero attached hydrogens (tertiary/aromatic N) is 2. The van der Waals surface area contributed by atoms with Gasteiger partial charge in [-0.3, -0.25) is 14.9 Å². The third-order valence-electron chi connectivity index (χ3n) is 4.66. The van der Waals surface area contributed by atoms with Crippen LogP contribution in [0.4, 0.5) is 5.69 Å². The number of nitro benzene ring substituents is 1. The van der Waals surface area contributed by atoms with Gasteiger partial charge in [-0.05, 0) is 30.2 Å². The molecule has 0 unspecified atom stereocenters. The number of hydrogen-bond donors (Lipinski definition) is 1. The van der Waals surface area contributed by atoms with Crippen LogP contribution in [0.5, 0.6) is 11.5 Å². The predicted molar refractivity (Wildman–Crippen MR) is 126 cm³/mol. The molecular formula is C24H22ClN3O5. The Kier molecular flexibility index (Phi) is 7.99. The van der Waals surface area contributed by atoms with Crippen LogP contribution in [0.3, 0.4) is 0 Å². The Morgan fingerprint density at radius 3 is 2.70 bits per heavy atom. The standard InChI is InChI=1S/C24H22ClN3O5/c1-16-6-5-7-17(10-16)15-33-24-20(25)11-18(12-22(24)32-2)14-26-27-23(29)13-19-8-3-4-9-21(19)28(30)31/h3-12,14H,13,15H2,1-2H3,(H,27,29). The van der Waals surface area contributed by atoms with E-state index in [2.05, 4.69) is 10.5 Å². The maximum absolute atomic E-state index is 12.1. The lowest BCUT2D eigenvalue weighted by Gasteiger charge is -2.13. The molecule has 8 nitrogen and oxygen atoms in total. The molecule has 0 atom stereocenters. The quantitative estimate of drug-likeness (QED) is 0.275. The van der Waals surface area contributed by atoms with Gasteiger partial charge >= 0.3 is 0 Å². The fraction of sp³-hybridized carbons (Fsp3) is 0.167. The fourth-order valence-corrected chi connectivity index (χ4v) is 3.42. The van der Waals surface area contributed by atoms with Crippen LogP contribution in [0.1, 0.15) is 22.3 Å². The molecule has 3 aromatic rings. The summed E-state index contributed by atoms with van der Waals surface area (Å²) in [4.78, 5) is 22.7. The molecule has 0 heterocycles. The van der Waals surface area contributed by atoms with E-state index >= 15 is 0 Å². The number of halogens is 1. The number of nitrogens with one attached hydrogen (secondary N) is 1. The summed E-state index contributed by atoms with van der Waals surface area (Å²) in [6, 6.07) is 17.3. The summed E-state index contributed by atoms with van der Waals surface area (Å²) in [6.45, 7) is 2.33. The van der Waals surface area contributed by atoms with E-state index in [0.29, 0.717) is 34.3 Å². The number of hydrazone groups is 1. The highest BCUT2D eigenvalue weighted by molar-refractivity contribution is 6.32. The molecule has 33 heavy (non-hydrogen) atoms. The molecule has 0 bridgehead atoms. The van der Waals surface area contributed by atoms with Crippen molar-refractivity contribution in [2.45, 2.75) is 20.0 Å². The molecule has 0 aromatic heterocycles. The molecule has 0 saturated carbocycles. The van der Waals surface area contributed by atoms with Gasteiger partial charge in [0.15, 0.2) is 11.5 Å². The molecule has 0 fully saturated rings. The zero-order chi connectivity index (χ0) is 23.8. The average molecular weight is 468 g/mol. The summed E-state index contributed by atoms with van der Waals surface area (Å²) in [6.07, 6.45) is 1.22. The first kappa shape index (κ1) is 23.7. The molecule has 3 rings (SSSR count). The Balaban J connectivity index is 1.65. The van der Waals surface area contributed by atoms with E-state index in [4.69, 9.17) is 21.1 Å². The second-order valence-electron chi connectivity index (χ2n) is 7.17. The number of carbonyl (C=O) groups is 1. The van der Waals surface area contributed by atoms with Gasteiger partial charge in [0.2, 0.25) is 5.91 Å². The molecule has 0 aliphatic rings. The van der Waals surface area contributed by atoms with Crippen molar-refractivity contribution in [3.05, 3.63) is 98.1 Å². The highest BCUT2D eigenvalue weighted by Gasteiger charge is 2.15. The van der Waals surface area contributed by atoms with Crippen molar-refractivity contribution in [1.29, 1.82) is 0 Å². The van der Waals surface area contributed by atoms with Gasteiger partial charge in [-0.1, -0.05) is 59.6 Å². The summed E-state index contributed by atoms with van der Waals surface area (Å²) in [5.74, 6) is 0.331. The van der Waals surface area contributed by atoms with Gasteiger partial charge in [-0.25, -0.2) is 5.43 Å². The van der Waals surface area contributed by atoms with E-state index in [0.717, 1.165) is 11.1 Å². The van der Waals surface area contributed by atoms with Crippen molar-refractivity contribution in [2.75, 3.05) is 7.11 Å². The zero-order valence-corrected chi connectivity index (χ0v) is 18.8. The lowest BCUT2D eigenvalue weighted by molar-refractivity contribution is -0.385. The van der Waals surface area contributed by atoms with E-state index in [1.54, 1.807) is 24.3 Å². The normalized spacial score (nSPS) is 10.8. The van der Waals surface area contributed by atoms with Crippen molar-refractivity contribution in [3.8, 4) is 11.5 Å². The second-order valence-corrected chi connectivity index (χ2v) is 7.57. The number of aryl methyl sites for hydroxylation is 1.